The Morgan fingerprint density at radius 2 is 2.09 bits per heavy atom. The molecule has 3 aromatic rings. The molecule has 0 fully saturated rings. The number of thiophene rings is 1. The summed E-state index contributed by atoms with van der Waals surface area (Å²) < 4.78 is 11.0. The molecule has 0 radical (unpaired) electrons. The molecule has 0 saturated heterocycles. The molecule has 0 spiro atoms. The Balaban J connectivity index is 1.43. The molecule has 1 amide bonds. The van der Waals surface area contributed by atoms with Crippen LogP contribution in [0, 0.1) is 0 Å². The summed E-state index contributed by atoms with van der Waals surface area (Å²) in [4.78, 5) is 37.0. The van der Waals surface area contributed by atoms with Gasteiger partial charge in [0, 0.05) is 30.8 Å². The highest BCUT2D eigenvalue weighted by atomic mass is 32.1. The number of aryl methyl sites for hydroxylation is 3. The lowest BCUT2D eigenvalue weighted by molar-refractivity contribution is -0.131. The Labute approximate surface area is 191 Å². The van der Waals surface area contributed by atoms with Crippen LogP contribution in [0.4, 0.5) is 0 Å². The highest BCUT2D eigenvalue weighted by Gasteiger charge is 2.21. The molecule has 8 heteroatoms. The second kappa shape index (κ2) is 9.73. The molecular formula is C24H29N3O4S. The van der Waals surface area contributed by atoms with Crippen molar-refractivity contribution in [2.24, 2.45) is 0 Å². The van der Waals surface area contributed by atoms with E-state index in [0.717, 1.165) is 35.0 Å². The van der Waals surface area contributed by atoms with Crippen molar-refractivity contribution in [2.75, 3.05) is 20.3 Å². The number of nitrogens with zero attached hydrogens (tertiary/aromatic N) is 2. The van der Waals surface area contributed by atoms with Crippen LogP contribution in [0.5, 0.6) is 11.5 Å². The van der Waals surface area contributed by atoms with Crippen molar-refractivity contribution in [3.05, 3.63) is 50.4 Å². The van der Waals surface area contributed by atoms with Gasteiger partial charge in [-0.25, -0.2) is 4.98 Å². The van der Waals surface area contributed by atoms with Gasteiger partial charge in [-0.2, -0.15) is 0 Å². The number of methoxy groups -OCH3 is 1. The molecule has 1 aliphatic carbocycles. The van der Waals surface area contributed by atoms with Crippen molar-refractivity contribution in [3.63, 3.8) is 0 Å². The van der Waals surface area contributed by atoms with Gasteiger partial charge in [0.15, 0.2) is 11.5 Å². The SMILES string of the molecule is CCOc1ccc(CN(CC)C(=O)CCc2nc3sc4c(c3c(=O)[nH]2)CCC4)cc1OC. The molecule has 4 rings (SSSR count). The normalized spacial score (nSPS) is 12.7. The Hall–Kier alpha value is -2.87. The van der Waals surface area contributed by atoms with Gasteiger partial charge in [-0.15, -0.1) is 11.3 Å². The van der Waals surface area contributed by atoms with E-state index in [0.29, 0.717) is 49.9 Å². The number of rotatable bonds is 9. The monoisotopic (exact) mass is 455 g/mol. The first-order valence-electron chi connectivity index (χ1n) is 11.1. The van der Waals surface area contributed by atoms with E-state index in [4.69, 9.17) is 9.47 Å². The van der Waals surface area contributed by atoms with E-state index < -0.39 is 0 Å². The molecule has 7 nitrogen and oxygen atoms in total. The molecule has 32 heavy (non-hydrogen) atoms. The molecule has 0 atom stereocenters. The van der Waals surface area contributed by atoms with Crippen LogP contribution >= 0.6 is 11.3 Å². The Morgan fingerprint density at radius 3 is 2.84 bits per heavy atom. The van der Waals surface area contributed by atoms with Crippen LogP contribution in [-0.4, -0.2) is 41.0 Å². The van der Waals surface area contributed by atoms with Gasteiger partial charge in [0.05, 0.1) is 19.1 Å². The summed E-state index contributed by atoms with van der Waals surface area (Å²) in [5, 5.41) is 0.747. The van der Waals surface area contributed by atoms with E-state index in [1.807, 2.05) is 32.0 Å². The number of carbonyl (C=O) groups is 1. The predicted molar refractivity (Wildman–Crippen MR) is 126 cm³/mol. The number of aromatic amines is 1. The third-order valence-electron chi connectivity index (χ3n) is 5.84. The first-order valence-corrected chi connectivity index (χ1v) is 12.0. The van der Waals surface area contributed by atoms with Gasteiger partial charge in [0.25, 0.3) is 5.56 Å². The first-order chi connectivity index (χ1) is 15.5. The second-order valence-electron chi connectivity index (χ2n) is 7.88. The van der Waals surface area contributed by atoms with Crippen molar-refractivity contribution < 1.29 is 14.3 Å². The van der Waals surface area contributed by atoms with E-state index in [1.165, 1.54) is 10.4 Å². The summed E-state index contributed by atoms with van der Waals surface area (Å²) in [5.74, 6) is 1.95. The zero-order valence-electron chi connectivity index (χ0n) is 18.8. The topological polar surface area (TPSA) is 84.5 Å². The fraction of sp³-hybridized carbons (Fsp3) is 0.458. The van der Waals surface area contributed by atoms with E-state index in [1.54, 1.807) is 23.3 Å². The number of hydrogen-bond acceptors (Lipinski definition) is 6. The lowest BCUT2D eigenvalue weighted by Gasteiger charge is -2.21. The third-order valence-corrected chi connectivity index (χ3v) is 7.02. The molecule has 170 valence electrons. The highest BCUT2D eigenvalue weighted by molar-refractivity contribution is 7.18. The van der Waals surface area contributed by atoms with Crippen molar-refractivity contribution in [1.29, 1.82) is 0 Å². The van der Waals surface area contributed by atoms with Crippen molar-refractivity contribution in [2.45, 2.75) is 52.5 Å². The van der Waals surface area contributed by atoms with Gasteiger partial charge in [-0.3, -0.25) is 9.59 Å². The fourth-order valence-corrected chi connectivity index (χ4v) is 5.51. The maximum Gasteiger partial charge on any atom is 0.259 e. The minimum absolute atomic E-state index is 0.0248. The number of amides is 1. The number of fused-ring (bicyclic) bond motifs is 3. The van der Waals surface area contributed by atoms with Crippen molar-refractivity contribution in [1.82, 2.24) is 14.9 Å². The smallest absolute Gasteiger partial charge is 0.259 e. The highest BCUT2D eigenvalue weighted by Crippen LogP contribution is 2.34. The molecule has 0 bridgehead atoms. The quantitative estimate of drug-likeness (QED) is 0.530. The average molecular weight is 456 g/mol. The largest absolute Gasteiger partial charge is 0.493 e. The van der Waals surface area contributed by atoms with Crippen molar-refractivity contribution in [3.8, 4) is 11.5 Å². The maximum absolute atomic E-state index is 12.9. The molecule has 2 heterocycles. The standard InChI is InChI=1S/C24H29N3O4S/c1-4-27(14-15-9-10-17(31-5-2)18(13-15)30-3)21(28)12-11-20-25-23(29)22-16-7-6-8-19(16)32-24(22)26-20/h9-10,13H,4-8,11-12,14H2,1-3H3,(H,25,26,29). The van der Waals surface area contributed by atoms with Gasteiger partial charge in [0.1, 0.15) is 10.7 Å². The molecule has 1 aliphatic rings. The van der Waals surface area contributed by atoms with Crippen LogP contribution in [0.15, 0.2) is 23.0 Å². The number of nitrogens with one attached hydrogen (secondary N) is 1. The second-order valence-corrected chi connectivity index (χ2v) is 8.96. The van der Waals surface area contributed by atoms with Crippen LogP contribution in [0.2, 0.25) is 0 Å². The minimum atomic E-state index is -0.0781. The number of aromatic nitrogens is 2. The van der Waals surface area contributed by atoms with Gasteiger partial charge in [-0.1, -0.05) is 6.07 Å². The van der Waals surface area contributed by atoms with Gasteiger partial charge in [0.2, 0.25) is 5.91 Å². The number of ether oxygens (including phenoxy) is 2. The fourth-order valence-electron chi connectivity index (χ4n) is 4.23. The lowest BCUT2D eigenvalue weighted by Crippen LogP contribution is -2.30. The molecule has 1 N–H and O–H groups in total. The van der Waals surface area contributed by atoms with E-state index >= 15 is 0 Å². The Bertz CT molecular complexity index is 1180. The van der Waals surface area contributed by atoms with E-state index in [9.17, 15) is 9.59 Å². The van der Waals surface area contributed by atoms with Crippen LogP contribution in [0.3, 0.4) is 0 Å². The predicted octanol–water partition coefficient (Wildman–Crippen LogP) is 3.86. The number of hydrogen-bond donors (Lipinski definition) is 1. The summed E-state index contributed by atoms with van der Waals surface area (Å²) in [6.45, 7) is 5.53. The minimum Gasteiger partial charge on any atom is -0.493 e. The van der Waals surface area contributed by atoms with Crippen LogP contribution in [0.25, 0.3) is 10.2 Å². The summed E-state index contributed by atoms with van der Waals surface area (Å²) in [6, 6.07) is 5.73. The molecule has 0 saturated carbocycles. The van der Waals surface area contributed by atoms with E-state index in [2.05, 4.69) is 9.97 Å². The Morgan fingerprint density at radius 1 is 1.25 bits per heavy atom. The molecule has 0 unspecified atom stereocenters. The molecule has 0 aliphatic heterocycles. The number of H-pyrrole nitrogens is 1. The third kappa shape index (κ3) is 4.50. The molecular weight excluding hydrogens is 426 g/mol. The van der Waals surface area contributed by atoms with Crippen LogP contribution in [-0.2, 0) is 30.6 Å². The molecule has 1 aromatic carbocycles. The lowest BCUT2D eigenvalue weighted by atomic mass is 10.1. The van der Waals surface area contributed by atoms with Crippen LogP contribution < -0.4 is 15.0 Å². The number of benzene rings is 1. The summed E-state index contributed by atoms with van der Waals surface area (Å²) in [5.41, 5.74) is 2.07. The zero-order valence-corrected chi connectivity index (χ0v) is 19.6. The summed E-state index contributed by atoms with van der Waals surface area (Å²) in [6.07, 6.45) is 3.81. The van der Waals surface area contributed by atoms with Gasteiger partial charge >= 0.3 is 0 Å². The summed E-state index contributed by atoms with van der Waals surface area (Å²) in [7, 11) is 1.61. The average Bonchev–Trinajstić information content (AvgIpc) is 3.37. The maximum atomic E-state index is 12.9. The van der Waals surface area contributed by atoms with Crippen molar-refractivity contribution >= 4 is 27.5 Å². The number of carbonyl (C=O) groups excluding carboxylic acids is 1. The summed E-state index contributed by atoms with van der Waals surface area (Å²) >= 11 is 1.62. The Kier molecular flexibility index (Phi) is 6.79. The first kappa shape index (κ1) is 22.3. The van der Waals surface area contributed by atoms with Crippen LogP contribution in [0.1, 0.15) is 48.5 Å². The van der Waals surface area contributed by atoms with Gasteiger partial charge < -0.3 is 19.4 Å². The zero-order chi connectivity index (χ0) is 22.7. The molecule has 2 aromatic heterocycles. The van der Waals surface area contributed by atoms with Gasteiger partial charge in [-0.05, 0) is 56.4 Å². The van der Waals surface area contributed by atoms with E-state index in [-0.39, 0.29) is 11.5 Å².